The fourth-order valence-electron chi connectivity index (χ4n) is 3.67. The molecule has 3 aromatic carbocycles. The Morgan fingerprint density at radius 2 is 1.81 bits per heavy atom. The van der Waals surface area contributed by atoms with Crippen LogP contribution in [-0.4, -0.2) is 32.8 Å². The van der Waals surface area contributed by atoms with Crippen molar-refractivity contribution in [2.45, 2.75) is 30.9 Å². The molecule has 0 N–H and O–H groups in total. The molecule has 37 heavy (non-hydrogen) atoms. The summed E-state index contributed by atoms with van der Waals surface area (Å²) in [4.78, 5) is 11.3. The number of halogens is 2. The molecule has 0 saturated carbocycles. The van der Waals surface area contributed by atoms with Gasteiger partial charge in [0.2, 0.25) is 6.54 Å². The Kier molecular flexibility index (Phi) is 8.91. The molecule has 0 bridgehead atoms. The van der Waals surface area contributed by atoms with Gasteiger partial charge in [-0.05, 0) is 55.8 Å². The molecule has 0 unspecified atom stereocenters. The van der Waals surface area contributed by atoms with Gasteiger partial charge in [0, 0.05) is 26.2 Å². The average molecular weight is 559 g/mol. The summed E-state index contributed by atoms with van der Waals surface area (Å²) in [6.45, 7) is 4.01. The van der Waals surface area contributed by atoms with E-state index in [9.17, 15) is 10.1 Å². The first-order valence-electron chi connectivity index (χ1n) is 11.4. The highest BCUT2D eigenvalue weighted by Gasteiger charge is 2.25. The van der Waals surface area contributed by atoms with Crippen molar-refractivity contribution in [3.05, 3.63) is 104 Å². The zero-order valence-electron chi connectivity index (χ0n) is 20.1. The maximum absolute atomic E-state index is 11.6. The van der Waals surface area contributed by atoms with Gasteiger partial charge in [0.05, 0.1) is 6.61 Å². The van der Waals surface area contributed by atoms with Crippen molar-refractivity contribution in [2.24, 2.45) is 0 Å². The summed E-state index contributed by atoms with van der Waals surface area (Å²) < 4.78 is 13.7. The van der Waals surface area contributed by atoms with E-state index in [4.69, 9.17) is 32.7 Å². The predicted molar refractivity (Wildman–Crippen MR) is 145 cm³/mol. The molecule has 192 valence electrons. The van der Waals surface area contributed by atoms with Crippen LogP contribution in [-0.2, 0) is 6.61 Å². The molecule has 1 heterocycles. The summed E-state index contributed by atoms with van der Waals surface area (Å²) in [7, 11) is 0. The van der Waals surface area contributed by atoms with Crippen LogP contribution in [0.2, 0.25) is 10.0 Å². The van der Waals surface area contributed by atoms with E-state index in [-0.39, 0.29) is 18.1 Å². The Morgan fingerprint density at radius 1 is 1.03 bits per heavy atom. The van der Waals surface area contributed by atoms with Gasteiger partial charge in [0.15, 0.2) is 16.7 Å². The minimum Gasteiger partial charge on any atom is -0.490 e. The molecular weight excluding hydrogens is 535 g/mol. The van der Waals surface area contributed by atoms with Crippen LogP contribution >= 0.6 is 35.0 Å². The molecule has 0 aliphatic rings. The van der Waals surface area contributed by atoms with Gasteiger partial charge in [-0.15, -0.1) is 10.2 Å². The van der Waals surface area contributed by atoms with Crippen LogP contribution in [0.5, 0.6) is 11.5 Å². The molecule has 0 saturated heterocycles. The van der Waals surface area contributed by atoms with Crippen LogP contribution in [0.25, 0.3) is 5.69 Å². The molecule has 0 aliphatic carbocycles. The molecule has 1 aromatic heterocycles. The monoisotopic (exact) mass is 558 g/mol. The van der Waals surface area contributed by atoms with E-state index < -0.39 is 5.25 Å². The molecular formula is C26H24Cl2N4O4S. The first-order valence-corrected chi connectivity index (χ1v) is 13.1. The Labute approximate surface area is 228 Å². The standard InChI is InChI=1S/C26H24Cl2N4O4S/c1-3-35-24-13-18(10-12-23(24)36-16-19-9-11-20(27)14-22(19)28)25(15-31(33)34)37-26-30-29-17(2)32(26)21-7-5-4-6-8-21/h4-14,25H,3,15-16H2,1-2H3/t25-/m0/s1. The zero-order valence-corrected chi connectivity index (χ0v) is 22.5. The predicted octanol–water partition coefficient (Wildman–Crippen LogP) is 6.97. The lowest BCUT2D eigenvalue weighted by Gasteiger charge is -2.17. The molecule has 0 radical (unpaired) electrons. The summed E-state index contributed by atoms with van der Waals surface area (Å²) in [5, 5.41) is 21.2. The SMILES string of the molecule is CCOc1cc([C@H](C[N+](=O)[O-])Sc2nnc(C)n2-c2ccccc2)ccc1OCc1ccc(Cl)cc1Cl. The topological polar surface area (TPSA) is 92.3 Å². The minimum atomic E-state index is -0.542. The Morgan fingerprint density at radius 3 is 2.51 bits per heavy atom. The highest BCUT2D eigenvalue weighted by Crippen LogP contribution is 2.40. The summed E-state index contributed by atoms with van der Waals surface area (Å²) in [6, 6.07) is 20.2. The third-order valence-electron chi connectivity index (χ3n) is 5.41. The van der Waals surface area contributed by atoms with Crippen molar-refractivity contribution >= 4 is 35.0 Å². The molecule has 1 atom stereocenters. The summed E-state index contributed by atoms with van der Waals surface area (Å²) in [5.41, 5.74) is 2.37. The molecule has 4 rings (SSSR count). The van der Waals surface area contributed by atoms with Crippen LogP contribution in [0, 0.1) is 17.0 Å². The number of thioether (sulfide) groups is 1. The van der Waals surface area contributed by atoms with E-state index in [1.165, 1.54) is 11.8 Å². The van der Waals surface area contributed by atoms with Gasteiger partial charge in [-0.1, -0.05) is 65.3 Å². The molecule has 0 spiro atoms. The molecule has 8 nitrogen and oxygen atoms in total. The Balaban J connectivity index is 1.62. The van der Waals surface area contributed by atoms with E-state index >= 15 is 0 Å². The smallest absolute Gasteiger partial charge is 0.220 e. The highest BCUT2D eigenvalue weighted by molar-refractivity contribution is 7.99. The van der Waals surface area contributed by atoms with Gasteiger partial charge in [-0.25, -0.2) is 0 Å². The second kappa shape index (κ2) is 12.3. The maximum atomic E-state index is 11.6. The van der Waals surface area contributed by atoms with Gasteiger partial charge >= 0.3 is 0 Å². The first-order chi connectivity index (χ1) is 17.9. The normalized spacial score (nSPS) is 11.8. The number of aromatic nitrogens is 3. The molecule has 11 heteroatoms. The number of hydrogen-bond donors (Lipinski definition) is 0. The lowest BCUT2D eigenvalue weighted by atomic mass is 10.1. The van der Waals surface area contributed by atoms with Crippen molar-refractivity contribution in [3.63, 3.8) is 0 Å². The van der Waals surface area contributed by atoms with Crippen molar-refractivity contribution in [1.82, 2.24) is 14.8 Å². The van der Waals surface area contributed by atoms with Crippen LogP contribution in [0.4, 0.5) is 0 Å². The van der Waals surface area contributed by atoms with Crippen LogP contribution < -0.4 is 9.47 Å². The number of para-hydroxylation sites is 1. The van der Waals surface area contributed by atoms with Gasteiger partial charge in [0.1, 0.15) is 17.7 Å². The molecule has 0 aliphatic heterocycles. The van der Waals surface area contributed by atoms with Gasteiger partial charge in [-0.2, -0.15) is 0 Å². The number of hydrogen-bond acceptors (Lipinski definition) is 7. The number of aryl methyl sites for hydroxylation is 1. The molecule has 0 amide bonds. The van der Waals surface area contributed by atoms with E-state index in [1.54, 1.807) is 36.4 Å². The van der Waals surface area contributed by atoms with E-state index in [1.807, 2.05) is 48.7 Å². The van der Waals surface area contributed by atoms with Crippen LogP contribution in [0.15, 0.2) is 71.9 Å². The highest BCUT2D eigenvalue weighted by atomic mass is 35.5. The second-order valence-corrected chi connectivity index (χ2v) is 10.00. The van der Waals surface area contributed by atoms with Crippen molar-refractivity contribution in [1.29, 1.82) is 0 Å². The number of rotatable bonds is 11. The maximum Gasteiger partial charge on any atom is 0.220 e. The second-order valence-electron chi connectivity index (χ2n) is 7.99. The van der Waals surface area contributed by atoms with Crippen LogP contribution in [0.1, 0.15) is 29.1 Å². The largest absolute Gasteiger partial charge is 0.490 e. The summed E-state index contributed by atoms with van der Waals surface area (Å²) >= 11 is 13.5. The lowest BCUT2D eigenvalue weighted by Crippen LogP contribution is -2.11. The number of nitrogens with zero attached hydrogens (tertiary/aromatic N) is 4. The third-order valence-corrected chi connectivity index (χ3v) is 7.18. The summed E-state index contributed by atoms with van der Waals surface area (Å²) in [6.07, 6.45) is 0. The summed E-state index contributed by atoms with van der Waals surface area (Å²) in [5.74, 6) is 1.68. The van der Waals surface area contributed by atoms with E-state index in [0.717, 1.165) is 11.3 Å². The Hall–Kier alpha value is -3.27. The fraction of sp³-hybridized carbons (Fsp3) is 0.231. The van der Waals surface area contributed by atoms with Crippen molar-refractivity contribution in [3.8, 4) is 17.2 Å². The first kappa shape index (κ1) is 26.8. The zero-order chi connectivity index (χ0) is 26.4. The number of benzene rings is 3. The average Bonchev–Trinajstić information content (AvgIpc) is 3.24. The van der Waals surface area contributed by atoms with Gasteiger partial charge in [-0.3, -0.25) is 14.7 Å². The van der Waals surface area contributed by atoms with Gasteiger partial charge < -0.3 is 9.47 Å². The Bertz CT molecular complexity index is 1380. The molecule has 4 aromatic rings. The lowest BCUT2D eigenvalue weighted by molar-refractivity contribution is -0.479. The quantitative estimate of drug-likeness (QED) is 0.111. The van der Waals surface area contributed by atoms with Crippen LogP contribution in [0.3, 0.4) is 0 Å². The van der Waals surface area contributed by atoms with E-state index in [0.29, 0.717) is 44.7 Å². The fourth-order valence-corrected chi connectivity index (χ4v) is 5.30. The van der Waals surface area contributed by atoms with Crippen molar-refractivity contribution in [2.75, 3.05) is 13.2 Å². The molecule has 0 fully saturated rings. The van der Waals surface area contributed by atoms with E-state index in [2.05, 4.69) is 10.2 Å². The van der Waals surface area contributed by atoms with Gasteiger partial charge in [0.25, 0.3) is 0 Å². The number of nitro groups is 1. The minimum absolute atomic E-state index is 0.210. The third kappa shape index (κ3) is 6.74. The van der Waals surface area contributed by atoms with Crippen molar-refractivity contribution < 1.29 is 14.4 Å². The number of ether oxygens (including phenoxy) is 2.